The number of aryl methyl sites for hydroxylation is 1. The monoisotopic (exact) mass is 522 g/mol. The van der Waals surface area contributed by atoms with E-state index in [1.54, 1.807) is 16.7 Å². The number of unbranched alkanes of at least 4 members (excludes halogenated alkanes) is 1. The van der Waals surface area contributed by atoms with Crippen LogP contribution in [-0.2, 0) is 28.3 Å². The molecular formula is C30H35ClN2O2S. The van der Waals surface area contributed by atoms with Crippen molar-refractivity contribution in [3.05, 3.63) is 106 Å². The smallest absolute Gasteiger partial charge is 0.243 e. The minimum absolute atomic E-state index is 0.0406. The molecule has 4 nitrogen and oxygen atoms in total. The third kappa shape index (κ3) is 9.03. The van der Waals surface area contributed by atoms with E-state index in [1.807, 2.05) is 85.8 Å². The molecule has 2 amide bonds. The molecular weight excluding hydrogens is 488 g/mol. The Morgan fingerprint density at radius 1 is 0.917 bits per heavy atom. The molecule has 3 aromatic rings. The number of nitrogens with one attached hydrogen (secondary N) is 1. The molecule has 0 saturated carbocycles. The van der Waals surface area contributed by atoms with E-state index in [4.69, 9.17) is 11.6 Å². The van der Waals surface area contributed by atoms with E-state index in [-0.39, 0.29) is 11.8 Å². The van der Waals surface area contributed by atoms with Crippen molar-refractivity contribution in [3.8, 4) is 0 Å². The van der Waals surface area contributed by atoms with Gasteiger partial charge in [0.05, 0.1) is 5.75 Å². The summed E-state index contributed by atoms with van der Waals surface area (Å²) in [6.45, 7) is 5.13. The second kappa shape index (κ2) is 14.7. The van der Waals surface area contributed by atoms with Gasteiger partial charge in [-0.1, -0.05) is 97.2 Å². The van der Waals surface area contributed by atoms with Crippen LogP contribution in [0.25, 0.3) is 0 Å². The maximum atomic E-state index is 13.6. The van der Waals surface area contributed by atoms with E-state index < -0.39 is 6.04 Å². The van der Waals surface area contributed by atoms with E-state index in [9.17, 15) is 9.59 Å². The molecule has 0 radical (unpaired) electrons. The number of benzene rings is 3. The summed E-state index contributed by atoms with van der Waals surface area (Å²) in [5.41, 5.74) is 4.31. The molecule has 0 bridgehead atoms. The first-order chi connectivity index (χ1) is 17.5. The largest absolute Gasteiger partial charge is 0.354 e. The molecule has 0 aliphatic heterocycles. The average molecular weight is 523 g/mol. The first-order valence-corrected chi connectivity index (χ1v) is 14.0. The number of amides is 2. The second-order valence-corrected chi connectivity index (χ2v) is 10.4. The maximum Gasteiger partial charge on any atom is 0.243 e. The lowest BCUT2D eigenvalue weighted by molar-refractivity contribution is -0.139. The molecule has 0 aromatic heterocycles. The van der Waals surface area contributed by atoms with Crippen LogP contribution in [0.15, 0.2) is 78.9 Å². The van der Waals surface area contributed by atoms with Crippen molar-refractivity contribution in [3.63, 3.8) is 0 Å². The van der Waals surface area contributed by atoms with Gasteiger partial charge in [-0.05, 0) is 42.2 Å². The highest BCUT2D eigenvalue weighted by Gasteiger charge is 2.30. The third-order valence-electron chi connectivity index (χ3n) is 5.98. The minimum atomic E-state index is -0.589. The standard InChI is InChI=1S/C30H35ClN2O2S/c1-3-4-18-32-30(35)28(19-24-8-6-5-7-9-24)33(20-25-12-10-23(2)11-13-25)29(34)22-36-21-26-14-16-27(31)17-15-26/h5-17,28H,3-4,18-22H2,1-2H3,(H,32,35)/t28-/m0/s1. The van der Waals surface area contributed by atoms with Crippen LogP contribution in [0.5, 0.6) is 0 Å². The van der Waals surface area contributed by atoms with E-state index in [2.05, 4.69) is 12.2 Å². The summed E-state index contributed by atoms with van der Waals surface area (Å²) < 4.78 is 0. The lowest BCUT2D eigenvalue weighted by Crippen LogP contribution is -2.51. The van der Waals surface area contributed by atoms with Crippen molar-refractivity contribution >= 4 is 35.2 Å². The van der Waals surface area contributed by atoms with Crippen molar-refractivity contribution in [1.82, 2.24) is 10.2 Å². The van der Waals surface area contributed by atoms with Gasteiger partial charge in [0.2, 0.25) is 11.8 Å². The summed E-state index contributed by atoms with van der Waals surface area (Å²) in [4.78, 5) is 28.8. The fraction of sp³-hybridized carbons (Fsp3) is 0.333. The lowest BCUT2D eigenvalue weighted by atomic mass is 10.0. The first kappa shape index (κ1) is 27.8. The van der Waals surface area contributed by atoms with Crippen molar-refractivity contribution in [2.75, 3.05) is 12.3 Å². The number of thioether (sulfide) groups is 1. The summed E-state index contributed by atoms with van der Waals surface area (Å²) in [6, 6.07) is 25.2. The highest BCUT2D eigenvalue weighted by molar-refractivity contribution is 7.99. The molecule has 1 atom stereocenters. The van der Waals surface area contributed by atoms with Crippen LogP contribution in [-0.4, -0.2) is 35.1 Å². The first-order valence-electron chi connectivity index (χ1n) is 12.4. The van der Waals surface area contributed by atoms with Crippen LogP contribution in [0.4, 0.5) is 0 Å². The number of halogens is 1. The fourth-order valence-corrected chi connectivity index (χ4v) is 4.87. The molecule has 0 aliphatic carbocycles. The molecule has 0 heterocycles. The van der Waals surface area contributed by atoms with Crippen molar-refractivity contribution in [2.45, 2.75) is 51.4 Å². The van der Waals surface area contributed by atoms with Crippen molar-refractivity contribution < 1.29 is 9.59 Å². The Kier molecular flexibility index (Phi) is 11.4. The predicted molar refractivity (Wildman–Crippen MR) is 151 cm³/mol. The number of hydrogen-bond acceptors (Lipinski definition) is 3. The second-order valence-electron chi connectivity index (χ2n) is 8.98. The van der Waals surface area contributed by atoms with Gasteiger partial charge < -0.3 is 10.2 Å². The van der Waals surface area contributed by atoms with Gasteiger partial charge in [0.1, 0.15) is 6.04 Å². The zero-order chi connectivity index (χ0) is 25.8. The highest BCUT2D eigenvalue weighted by Crippen LogP contribution is 2.20. The van der Waals surface area contributed by atoms with E-state index in [0.29, 0.717) is 36.0 Å². The predicted octanol–water partition coefficient (Wildman–Crippen LogP) is 6.44. The molecule has 190 valence electrons. The molecule has 36 heavy (non-hydrogen) atoms. The Morgan fingerprint density at radius 3 is 2.25 bits per heavy atom. The Labute approximate surface area is 224 Å². The van der Waals surface area contributed by atoms with Gasteiger partial charge in [-0.15, -0.1) is 11.8 Å². The van der Waals surface area contributed by atoms with Gasteiger partial charge in [0.15, 0.2) is 0 Å². The molecule has 3 aromatic carbocycles. The third-order valence-corrected chi connectivity index (χ3v) is 7.22. The zero-order valence-corrected chi connectivity index (χ0v) is 22.7. The normalized spacial score (nSPS) is 11.6. The molecule has 3 rings (SSSR count). The summed E-state index contributed by atoms with van der Waals surface area (Å²) in [5, 5.41) is 3.77. The average Bonchev–Trinajstić information content (AvgIpc) is 2.89. The van der Waals surface area contributed by atoms with Crippen LogP contribution in [0, 0.1) is 6.92 Å². The topological polar surface area (TPSA) is 49.4 Å². The molecule has 0 fully saturated rings. The Morgan fingerprint density at radius 2 is 1.58 bits per heavy atom. The quantitative estimate of drug-likeness (QED) is 0.263. The molecule has 0 aliphatic rings. The molecule has 0 saturated heterocycles. The highest BCUT2D eigenvalue weighted by atomic mass is 35.5. The minimum Gasteiger partial charge on any atom is -0.354 e. The van der Waals surface area contributed by atoms with Crippen LogP contribution in [0.2, 0.25) is 5.02 Å². The van der Waals surface area contributed by atoms with Crippen molar-refractivity contribution in [2.24, 2.45) is 0 Å². The maximum absolute atomic E-state index is 13.6. The van der Waals surface area contributed by atoms with Gasteiger partial charge in [-0.3, -0.25) is 9.59 Å². The van der Waals surface area contributed by atoms with E-state index in [0.717, 1.165) is 35.1 Å². The summed E-state index contributed by atoms with van der Waals surface area (Å²) in [5.74, 6) is 0.853. The lowest BCUT2D eigenvalue weighted by Gasteiger charge is -2.31. The van der Waals surface area contributed by atoms with E-state index >= 15 is 0 Å². The van der Waals surface area contributed by atoms with Gasteiger partial charge in [-0.2, -0.15) is 0 Å². The molecule has 6 heteroatoms. The molecule has 1 N–H and O–H groups in total. The molecule has 0 spiro atoms. The Hall–Kier alpha value is -2.76. The van der Waals surface area contributed by atoms with Gasteiger partial charge in [0, 0.05) is 30.3 Å². The van der Waals surface area contributed by atoms with Crippen molar-refractivity contribution in [1.29, 1.82) is 0 Å². The van der Waals surface area contributed by atoms with Crippen LogP contribution < -0.4 is 5.32 Å². The number of nitrogens with zero attached hydrogens (tertiary/aromatic N) is 1. The number of carbonyl (C=O) groups excluding carboxylic acids is 2. The molecule has 0 unspecified atom stereocenters. The summed E-state index contributed by atoms with van der Waals surface area (Å²) in [6.07, 6.45) is 2.38. The Bertz CT molecular complexity index is 1090. The van der Waals surface area contributed by atoms with Gasteiger partial charge in [0.25, 0.3) is 0 Å². The van der Waals surface area contributed by atoms with Gasteiger partial charge >= 0.3 is 0 Å². The summed E-state index contributed by atoms with van der Waals surface area (Å²) >= 11 is 7.55. The fourth-order valence-electron chi connectivity index (χ4n) is 3.87. The van der Waals surface area contributed by atoms with E-state index in [1.165, 1.54) is 0 Å². The Balaban J connectivity index is 1.81. The zero-order valence-electron chi connectivity index (χ0n) is 21.1. The van der Waals surface area contributed by atoms with Crippen LogP contribution in [0.3, 0.4) is 0 Å². The van der Waals surface area contributed by atoms with Gasteiger partial charge in [-0.25, -0.2) is 0 Å². The number of carbonyl (C=O) groups is 2. The number of rotatable bonds is 13. The summed E-state index contributed by atoms with van der Waals surface area (Å²) in [7, 11) is 0. The van der Waals surface area contributed by atoms with Crippen LogP contribution in [0.1, 0.15) is 42.0 Å². The SMILES string of the molecule is CCCCNC(=O)[C@H](Cc1ccccc1)N(Cc1ccc(C)cc1)C(=O)CSCc1ccc(Cl)cc1. The number of hydrogen-bond donors (Lipinski definition) is 1. The van der Waals surface area contributed by atoms with Crippen LogP contribution >= 0.6 is 23.4 Å².